The van der Waals surface area contributed by atoms with Gasteiger partial charge in [0.25, 0.3) is 0 Å². The van der Waals surface area contributed by atoms with Crippen molar-refractivity contribution in [3.05, 3.63) is 59.4 Å². The minimum absolute atomic E-state index is 0.000416. The van der Waals surface area contributed by atoms with E-state index in [-0.39, 0.29) is 5.56 Å². The Labute approximate surface area is 171 Å². The van der Waals surface area contributed by atoms with Gasteiger partial charge in [0.05, 0.1) is 11.6 Å². The minimum atomic E-state index is -0.724. The summed E-state index contributed by atoms with van der Waals surface area (Å²) in [5.74, 6) is -0.565. The number of alkyl carbamates (subject to hydrolysis) is 1. The molecule has 0 aromatic heterocycles. The zero-order valence-corrected chi connectivity index (χ0v) is 17.4. The molecule has 1 atom stereocenters. The molecule has 5 nitrogen and oxygen atoms in total. The average Bonchev–Trinajstić information content (AvgIpc) is 2.68. The van der Waals surface area contributed by atoms with Crippen LogP contribution in [0.25, 0.3) is 11.1 Å². The van der Waals surface area contributed by atoms with Crippen LogP contribution in [-0.4, -0.2) is 17.7 Å². The molecule has 2 rings (SSSR count). The molecule has 0 bridgehead atoms. The number of halogens is 1. The Bertz CT molecular complexity index is 904. The van der Waals surface area contributed by atoms with Crippen molar-refractivity contribution in [1.29, 1.82) is 10.5 Å². The van der Waals surface area contributed by atoms with Gasteiger partial charge in [0.15, 0.2) is 0 Å². The van der Waals surface area contributed by atoms with Crippen LogP contribution in [0, 0.1) is 28.5 Å². The Morgan fingerprint density at radius 1 is 1.10 bits per heavy atom. The average molecular weight is 395 g/mol. The van der Waals surface area contributed by atoms with Crippen LogP contribution < -0.4 is 5.32 Å². The largest absolute Gasteiger partial charge is 0.444 e. The lowest BCUT2D eigenvalue weighted by Gasteiger charge is -2.21. The predicted molar refractivity (Wildman–Crippen MR) is 110 cm³/mol. The molecule has 1 unspecified atom stereocenters. The number of ether oxygens (including phenoxy) is 1. The number of carbonyl (C=O) groups excluding carboxylic acids is 1. The first kappa shape index (κ1) is 23.7. The number of hydrogen-bond acceptors (Lipinski definition) is 4. The molecule has 0 aliphatic rings. The van der Waals surface area contributed by atoms with E-state index in [1.807, 2.05) is 32.0 Å². The van der Waals surface area contributed by atoms with Crippen LogP contribution in [0.15, 0.2) is 42.5 Å². The molecule has 0 saturated heterocycles. The van der Waals surface area contributed by atoms with Gasteiger partial charge in [0.1, 0.15) is 23.5 Å². The van der Waals surface area contributed by atoms with Gasteiger partial charge in [-0.1, -0.05) is 44.2 Å². The third kappa shape index (κ3) is 7.63. The maximum atomic E-state index is 13.8. The second-order valence-corrected chi connectivity index (χ2v) is 7.04. The van der Waals surface area contributed by atoms with Gasteiger partial charge in [-0.3, -0.25) is 0 Å². The third-order valence-corrected chi connectivity index (χ3v) is 3.66. The molecule has 152 valence electrons. The fourth-order valence-electron chi connectivity index (χ4n) is 2.43. The van der Waals surface area contributed by atoms with Crippen LogP contribution in [0.2, 0.25) is 0 Å². The number of nitrogens with one attached hydrogen (secondary N) is 1. The van der Waals surface area contributed by atoms with Crippen molar-refractivity contribution in [3.8, 4) is 23.3 Å². The summed E-state index contributed by atoms with van der Waals surface area (Å²) in [6.45, 7) is 9.25. The highest BCUT2D eigenvalue weighted by molar-refractivity contribution is 5.68. The standard InChI is InChI=1S/C21H20FN3O2.C2H6/c1-21(2,3)27-20(26)25-18(13-24)10-14-4-6-15(7-5-14)16-8-9-17(12-23)19(22)11-16;1-2/h4-9,11,18H,10H2,1-3H3,(H,25,26);1-2H3. The van der Waals surface area contributed by atoms with E-state index in [9.17, 15) is 14.4 Å². The van der Waals surface area contributed by atoms with Crippen LogP contribution in [0.4, 0.5) is 9.18 Å². The van der Waals surface area contributed by atoms with Crippen molar-refractivity contribution >= 4 is 6.09 Å². The second kappa shape index (κ2) is 10.8. The van der Waals surface area contributed by atoms with E-state index in [4.69, 9.17) is 10.00 Å². The van der Waals surface area contributed by atoms with Gasteiger partial charge in [-0.2, -0.15) is 10.5 Å². The highest BCUT2D eigenvalue weighted by Crippen LogP contribution is 2.22. The molecule has 0 fully saturated rings. The van der Waals surface area contributed by atoms with Gasteiger partial charge >= 0.3 is 6.09 Å². The summed E-state index contributed by atoms with van der Waals surface area (Å²) < 4.78 is 18.9. The predicted octanol–water partition coefficient (Wildman–Crippen LogP) is 5.35. The molecular weight excluding hydrogens is 369 g/mol. The van der Waals surface area contributed by atoms with Crippen molar-refractivity contribution < 1.29 is 13.9 Å². The number of rotatable bonds is 4. The summed E-state index contributed by atoms with van der Waals surface area (Å²) in [6.07, 6.45) is -0.323. The van der Waals surface area contributed by atoms with E-state index in [0.717, 1.165) is 11.1 Å². The lowest BCUT2D eigenvalue weighted by Crippen LogP contribution is -2.39. The molecule has 0 aliphatic heterocycles. The van der Waals surface area contributed by atoms with E-state index in [1.54, 1.807) is 45.0 Å². The lowest BCUT2D eigenvalue weighted by molar-refractivity contribution is 0.0516. The van der Waals surface area contributed by atoms with Crippen LogP contribution >= 0.6 is 0 Å². The molecular formula is C23H26FN3O2. The molecule has 0 aliphatic carbocycles. The first-order valence-electron chi connectivity index (χ1n) is 9.40. The van der Waals surface area contributed by atoms with Crippen LogP contribution in [0.1, 0.15) is 45.7 Å². The van der Waals surface area contributed by atoms with Crippen LogP contribution in [-0.2, 0) is 11.2 Å². The highest BCUT2D eigenvalue weighted by Gasteiger charge is 2.19. The summed E-state index contributed by atoms with van der Waals surface area (Å²) in [6, 6.07) is 14.8. The zero-order chi connectivity index (χ0) is 22.0. The Hall–Kier alpha value is -3.38. The van der Waals surface area contributed by atoms with Crippen molar-refractivity contribution in [2.24, 2.45) is 0 Å². The molecule has 6 heteroatoms. The van der Waals surface area contributed by atoms with Gasteiger partial charge in [-0.25, -0.2) is 9.18 Å². The van der Waals surface area contributed by atoms with Crippen LogP contribution in [0.5, 0.6) is 0 Å². The van der Waals surface area contributed by atoms with Crippen molar-refractivity contribution in [2.75, 3.05) is 0 Å². The zero-order valence-electron chi connectivity index (χ0n) is 17.4. The third-order valence-electron chi connectivity index (χ3n) is 3.66. The van der Waals surface area contributed by atoms with E-state index in [0.29, 0.717) is 12.0 Å². The molecule has 2 aromatic carbocycles. The Kier molecular flexibility index (Phi) is 8.83. The van der Waals surface area contributed by atoms with Gasteiger partial charge in [-0.05, 0) is 49.6 Å². The van der Waals surface area contributed by atoms with Gasteiger partial charge in [-0.15, -0.1) is 0 Å². The SMILES string of the molecule is CC.CC(C)(C)OC(=O)NC(C#N)Cc1ccc(-c2ccc(C#N)c(F)c2)cc1. The summed E-state index contributed by atoms with van der Waals surface area (Å²) in [4.78, 5) is 11.8. The number of carbonyl (C=O) groups is 1. The summed E-state index contributed by atoms with van der Waals surface area (Å²) in [5.41, 5.74) is 1.65. The summed E-state index contributed by atoms with van der Waals surface area (Å²) in [5, 5.41) is 20.6. The van der Waals surface area contributed by atoms with E-state index >= 15 is 0 Å². The Morgan fingerprint density at radius 3 is 2.17 bits per heavy atom. The van der Waals surface area contributed by atoms with Gasteiger partial charge < -0.3 is 10.1 Å². The van der Waals surface area contributed by atoms with Gasteiger partial charge in [0.2, 0.25) is 0 Å². The van der Waals surface area contributed by atoms with Gasteiger partial charge in [0, 0.05) is 6.42 Å². The maximum Gasteiger partial charge on any atom is 0.408 e. The van der Waals surface area contributed by atoms with E-state index in [1.165, 1.54) is 12.1 Å². The molecule has 29 heavy (non-hydrogen) atoms. The maximum absolute atomic E-state index is 13.8. The summed E-state index contributed by atoms with van der Waals surface area (Å²) in [7, 11) is 0. The number of benzene rings is 2. The molecule has 1 amide bonds. The normalized spacial score (nSPS) is 11.2. The van der Waals surface area contributed by atoms with Crippen molar-refractivity contribution in [1.82, 2.24) is 5.32 Å². The lowest BCUT2D eigenvalue weighted by atomic mass is 10.00. The first-order valence-corrected chi connectivity index (χ1v) is 9.40. The Balaban J connectivity index is 0.00000204. The quantitative estimate of drug-likeness (QED) is 0.756. The van der Waals surface area contributed by atoms with Crippen molar-refractivity contribution in [2.45, 2.75) is 52.7 Å². The van der Waals surface area contributed by atoms with E-state index < -0.39 is 23.6 Å². The molecule has 0 radical (unpaired) electrons. The molecule has 2 aromatic rings. The highest BCUT2D eigenvalue weighted by atomic mass is 19.1. The fraction of sp³-hybridized carbons (Fsp3) is 0.348. The molecule has 1 N–H and O–H groups in total. The number of nitrogens with zero attached hydrogens (tertiary/aromatic N) is 2. The molecule has 0 heterocycles. The van der Waals surface area contributed by atoms with Crippen molar-refractivity contribution in [3.63, 3.8) is 0 Å². The number of nitriles is 2. The minimum Gasteiger partial charge on any atom is -0.444 e. The number of hydrogen-bond donors (Lipinski definition) is 1. The monoisotopic (exact) mass is 395 g/mol. The Morgan fingerprint density at radius 2 is 1.69 bits per heavy atom. The topological polar surface area (TPSA) is 85.9 Å². The molecule has 0 spiro atoms. The number of amides is 1. The fourth-order valence-corrected chi connectivity index (χ4v) is 2.43. The van der Waals surface area contributed by atoms with Crippen LogP contribution in [0.3, 0.4) is 0 Å². The van der Waals surface area contributed by atoms with E-state index in [2.05, 4.69) is 5.32 Å². The second-order valence-electron chi connectivity index (χ2n) is 7.04. The molecule has 0 saturated carbocycles. The smallest absolute Gasteiger partial charge is 0.408 e. The summed E-state index contributed by atoms with van der Waals surface area (Å²) >= 11 is 0. The first-order chi connectivity index (χ1) is 13.7.